The predicted molar refractivity (Wildman–Crippen MR) is 405 cm³/mol. The van der Waals surface area contributed by atoms with E-state index in [2.05, 4.69) is 41.5 Å². The number of carbonyl (C=O) groups excluding carboxylic acids is 4. The van der Waals surface area contributed by atoms with Crippen molar-refractivity contribution in [3.8, 4) is 0 Å². The van der Waals surface area contributed by atoms with Gasteiger partial charge >= 0.3 is 39.5 Å². The van der Waals surface area contributed by atoms with Crippen LogP contribution in [0.25, 0.3) is 0 Å². The van der Waals surface area contributed by atoms with E-state index in [1.54, 1.807) is 0 Å². The van der Waals surface area contributed by atoms with Gasteiger partial charge in [0.1, 0.15) is 19.3 Å². The minimum atomic E-state index is -4.96. The molecule has 0 fully saturated rings. The molecule has 5 atom stereocenters. The zero-order valence-electron chi connectivity index (χ0n) is 64.8. The summed E-state index contributed by atoms with van der Waals surface area (Å²) in [7, 11) is -9.92. The molecule has 2 unspecified atom stereocenters. The van der Waals surface area contributed by atoms with Gasteiger partial charge in [-0.2, -0.15) is 0 Å². The van der Waals surface area contributed by atoms with Gasteiger partial charge in [0.15, 0.2) is 12.2 Å². The van der Waals surface area contributed by atoms with Crippen molar-refractivity contribution in [2.75, 3.05) is 39.6 Å². The number of ether oxygens (including phenoxy) is 4. The lowest BCUT2D eigenvalue weighted by Crippen LogP contribution is -2.30. The van der Waals surface area contributed by atoms with E-state index in [0.29, 0.717) is 25.7 Å². The lowest BCUT2D eigenvalue weighted by Gasteiger charge is -2.21. The molecule has 0 amide bonds. The summed E-state index contributed by atoms with van der Waals surface area (Å²) in [6, 6.07) is 0. The highest BCUT2D eigenvalue weighted by Crippen LogP contribution is 2.45. The van der Waals surface area contributed by atoms with Gasteiger partial charge in [-0.15, -0.1) is 0 Å². The number of rotatable bonds is 79. The fraction of sp³-hybridized carbons (Fsp3) is 0.950. The number of carbonyl (C=O) groups is 4. The van der Waals surface area contributed by atoms with Gasteiger partial charge in [0.2, 0.25) is 0 Å². The number of aliphatic hydroxyl groups is 1. The standard InChI is InChI=1S/C80H156O17P2/c1-7-9-11-13-15-17-19-21-22-23-24-25-27-33-40-46-52-58-64-79(84)96-75(68-91-78(83)63-57-51-45-39-32-29-28-30-36-42-48-54-60-72(3)4)70-94-98(86,87)92-66-74(81)67-93-99(88,89)95-71-76(97-80(85)65-59-53-47-41-35-34-37-43-49-55-61-73(5)6)69-90-77(82)62-56-50-44-38-31-26-20-18-16-14-12-10-8-2/h72-76,81H,7-71H2,1-6H3,(H,86,87)(H,88,89)/t74-,75-,76-/m1/s1. The van der Waals surface area contributed by atoms with E-state index in [1.807, 2.05) is 0 Å². The van der Waals surface area contributed by atoms with Crippen molar-refractivity contribution in [3.05, 3.63) is 0 Å². The Morgan fingerprint density at radius 1 is 0.273 bits per heavy atom. The summed E-state index contributed by atoms with van der Waals surface area (Å²) in [5.74, 6) is -0.574. The van der Waals surface area contributed by atoms with E-state index in [0.717, 1.165) is 102 Å². The molecule has 588 valence electrons. The van der Waals surface area contributed by atoms with Crippen LogP contribution in [0.2, 0.25) is 0 Å². The Morgan fingerprint density at radius 2 is 0.465 bits per heavy atom. The quantitative estimate of drug-likeness (QED) is 0.0222. The van der Waals surface area contributed by atoms with Gasteiger partial charge in [0.05, 0.1) is 26.4 Å². The Balaban J connectivity index is 5.26. The van der Waals surface area contributed by atoms with Crippen LogP contribution in [0.5, 0.6) is 0 Å². The van der Waals surface area contributed by atoms with E-state index in [1.165, 1.54) is 238 Å². The first-order valence-electron chi connectivity index (χ1n) is 41.5. The Labute approximate surface area is 607 Å². The van der Waals surface area contributed by atoms with E-state index >= 15 is 0 Å². The lowest BCUT2D eigenvalue weighted by atomic mass is 10.0. The van der Waals surface area contributed by atoms with Crippen molar-refractivity contribution in [1.82, 2.24) is 0 Å². The molecule has 17 nitrogen and oxygen atoms in total. The largest absolute Gasteiger partial charge is 0.472 e. The summed E-state index contributed by atoms with van der Waals surface area (Å²) >= 11 is 0. The van der Waals surface area contributed by atoms with Crippen LogP contribution in [0.15, 0.2) is 0 Å². The monoisotopic (exact) mass is 1450 g/mol. The van der Waals surface area contributed by atoms with Crippen LogP contribution in [0, 0.1) is 11.8 Å². The molecule has 0 aromatic carbocycles. The first-order chi connectivity index (χ1) is 47.9. The number of hydrogen-bond donors (Lipinski definition) is 3. The van der Waals surface area contributed by atoms with Crippen molar-refractivity contribution in [2.45, 2.75) is 439 Å². The Morgan fingerprint density at radius 3 is 0.687 bits per heavy atom. The number of aliphatic hydroxyl groups excluding tert-OH is 1. The minimum absolute atomic E-state index is 0.107. The normalized spacial score (nSPS) is 13.9. The van der Waals surface area contributed by atoms with Gasteiger partial charge in [-0.1, -0.05) is 369 Å². The summed E-state index contributed by atoms with van der Waals surface area (Å²) in [5, 5.41) is 10.6. The first-order valence-corrected chi connectivity index (χ1v) is 44.5. The number of phosphoric ester groups is 2. The van der Waals surface area contributed by atoms with Crippen LogP contribution in [0.4, 0.5) is 0 Å². The first kappa shape index (κ1) is 97.1. The molecule has 0 aliphatic carbocycles. The molecule has 0 heterocycles. The second-order valence-electron chi connectivity index (χ2n) is 29.8. The molecule has 0 bridgehead atoms. The third-order valence-corrected chi connectivity index (χ3v) is 20.6. The van der Waals surface area contributed by atoms with Crippen molar-refractivity contribution < 1.29 is 80.2 Å². The second kappa shape index (κ2) is 71.7. The smallest absolute Gasteiger partial charge is 0.462 e. The summed E-state index contributed by atoms with van der Waals surface area (Å²) in [4.78, 5) is 73.0. The fourth-order valence-electron chi connectivity index (χ4n) is 12.4. The van der Waals surface area contributed by atoms with Gasteiger partial charge < -0.3 is 33.8 Å². The Bertz CT molecular complexity index is 1910. The average Bonchev–Trinajstić information content (AvgIpc) is 1.03. The molecule has 99 heavy (non-hydrogen) atoms. The van der Waals surface area contributed by atoms with Crippen LogP contribution in [-0.4, -0.2) is 96.7 Å². The van der Waals surface area contributed by atoms with Crippen molar-refractivity contribution >= 4 is 39.5 Å². The summed E-state index contributed by atoms with van der Waals surface area (Å²) in [6.45, 7) is 9.64. The molecule has 0 spiro atoms. The summed E-state index contributed by atoms with van der Waals surface area (Å²) in [5.41, 5.74) is 0. The van der Waals surface area contributed by atoms with Gasteiger partial charge in [-0.25, -0.2) is 9.13 Å². The third kappa shape index (κ3) is 74.1. The highest BCUT2D eigenvalue weighted by atomic mass is 31.2. The molecule has 0 aliphatic rings. The van der Waals surface area contributed by atoms with E-state index < -0.39 is 97.5 Å². The summed E-state index contributed by atoms with van der Waals surface area (Å²) in [6.07, 6.45) is 60.9. The molecule has 0 aliphatic heterocycles. The van der Waals surface area contributed by atoms with Crippen molar-refractivity contribution in [2.24, 2.45) is 11.8 Å². The molecule has 0 saturated carbocycles. The molecule has 3 N–H and O–H groups in total. The van der Waals surface area contributed by atoms with Gasteiger partial charge in [-0.05, 0) is 37.5 Å². The Hall–Kier alpha value is -1.94. The summed E-state index contributed by atoms with van der Waals surface area (Å²) < 4.78 is 68.7. The highest BCUT2D eigenvalue weighted by Gasteiger charge is 2.30. The molecular formula is C80H156O17P2. The number of esters is 4. The topological polar surface area (TPSA) is 237 Å². The molecule has 0 saturated heterocycles. The second-order valence-corrected chi connectivity index (χ2v) is 32.7. The molecule has 0 aromatic heterocycles. The van der Waals surface area contributed by atoms with Gasteiger partial charge in [0, 0.05) is 25.7 Å². The fourth-order valence-corrected chi connectivity index (χ4v) is 13.9. The molecule has 19 heteroatoms. The maximum atomic E-state index is 13.1. The van der Waals surface area contributed by atoms with Gasteiger partial charge in [0.25, 0.3) is 0 Å². The Kier molecular flexibility index (Phi) is 70.3. The van der Waals surface area contributed by atoms with Crippen LogP contribution >= 0.6 is 15.6 Å². The van der Waals surface area contributed by atoms with Crippen LogP contribution in [-0.2, 0) is 65.4 Å². The van der Waals surface area contributed by atoms with Gasteiger partial charge in [-0.3, -0.25) is 37.3 Å². The molecular weight excluding hydrogens is 1290 g/mol. The van der Waals surface area contributed by atoms with Crippen LogP contribution in [0.3, 0.4) is 0 Å². The SMILES string of the molecule is CCCCCCCCCCCCCCCCCCCCC(=O)O[C@H](COC(=O)CCCCCCCCCCCCCCC(C)C)COP(=O)(O)OC[C@@H](O)COP(=O)(O)OC[C@@H](COC(=O)CCCCCCCCCCCCCCC)OC(=O)CCCCCCCCCCCCC(C)C. The highest BCUT2D eigenvalue weighted by molar-refractivity contribution is 7.47. The molecule has 0 radical (unpaired) electrons. The maximum absolute atomic E-state index is 13.1. The average molecular weight is 1450 g/mol. The van der Waals surface area contributed by atoms with E-state index in [9.17, 15) is 43.2 Å². The molecule has 0 aromatic rings. The number of unbranched alkanes of at least 4 members (excludes halogenated alkanes) is 49. The number of hydrogen-bond acceptors (Lipinski definition) is 15. The van der Waals surface area contributed by atoms with E-state index in [4.69, 9.17) is 37.0 Å². The predicted octanol–water partition coefficient (Wildman–Crippen LogP) is 23.9. The maximum Gasteiger partial charge on any atom is 0.472 e. The molecule has 0 rings (SSSR count). The zero-order valence-corrected chi connectivity index (χ0v) is 66.6. The van der Waals surface area contributed by atoms with Crippen molar-refractivity contribution in [3.63, 3.8) is 0 Å². The van der Waals surface area contributed by atoms with Crippen molar-refractivity contribution in [1.29, 1.82) is 0 Å². The minimum Gasteiger partial charge on any atom is -0.462 e. The van der Waals surface area contributed by atoms with Crippen LogP contribution in [0.1, 0.15) is 420 Å². The zero-order chi connectivity index (χ0) is 72.8. The lowest BCUT2D eigenvalue weighted by molar-refractivity contribution is -0.161. The van der Waals surface area contributed by atoms with E-state index in [-0.39, 0.29) is 25.7 Å². The third-order valence-electron chi connectivity index (χ3n) is 18.7. The van der Waals surface area contributed by atoms with Crippen LogP contribution < -0.4 is 0 Å². The number of phosphoric acid groups is 2.